The van der Waals surface area contributed by atoms with Gasteiger partial charge in [-0.05, 0) is 51.9 Å². The van der Waals surface area contributed by atoms with E-state index < -0.39 is 27.2 Å². The minimum absolute atomic E-state index is 0.0397. The lowest BCUT2D eigenvalue weighted by atomic mass is 9.94. The molecule has 1 aliphatic rings. The molecule has 1 aromatic carbocycles. The largest absolute Gasteiger partial charge is 0.441 e. The Morgan fingerprint density at radius 3 is 2.65 bits per heavy atom. The van der Waals surface area contributed by atoms with E-state index in [1.54, 1.807) is 19.1 Å². The van der Waals surface area contributed by atoms with Crippen LogP contribution >= 0.6 is 0 Å². The Balaban J connectivity index is 1.51. The molecule has 0 atom stereocenters. The first-order valence-corrected chi connectivity index (χ1v) is 12.7. The van der Waals surface area contributed by atoms with Gasteiger partial charge in [0.25, 0.3) is 0 Å². The van der Waals surface area contributed by atoms with Crippen LogP contribution in [0.1, 0.15) is 56.4 Å². The topological polar surface area (TPSA) is 80.5 Å². The second kappa shape index (κ2) is 10.5. The van der Waals surface area contributed by atoms with Crippen molar-refractivity contribution in [1.82, 2.24) is 9.88 Å². The van der Waals surface area contributed by atoms with Gasteiger partial charge in [0.15, 0.2) is 9.84 Å². The van der Waals surface area contributed by atoms with Gasteiger partial charge >= 0.3 is 0 Å². The molecular weight excluding hydrogens is 419 g/mol. The van der Waals surface area contributed by atoms with E-state index in [1.807, 2.05) is 0 Å². The summed E-state index contributed by atoms with van der Waals surface area (Å²) in [6.07, 6.45) is 7.11. The molecule has 1 saturated carbocycles. The van der Waals surface area contributed by atoms with E-state index in [4.69, 9.17) is 4.42 Å². The number of carbonyl (C=O) groups excluding carboxylic acids is 1. The predicted molar refractivity (Wildman–Crippen MR) is 118 cm³/mol. The number of hydrogen-bond acceptors (Lipinski definition) is 6. The van der Waals surface area contributed by atoms with E-state index in [9.17, 15) is 17.6 Å². The Kier molecular flexibility index (Phi) is 8.00. The summed E-state index contributed by atoms with van der Waals surface area (Å²) in [6, 6.07) is 6.59. The number of aromatic nitrogens is 1. The molecule has 0 bridgehead atoms. The van der Waals surface area contributed by atoms with Crippen LogP contribution in [0.3, 0.4) is 0 Å². The molecule has 0 N–H and O–H groups in total. The third kappa shape index (κ3) is 6.71. The number of oxazole rings is 1. The molecule has 8 heteroatoms. The van der Waals surface area contributed by atoms with Gasteiger partial charge in [0, 0.05) is 12.5 Å². The summed E-state index contributed by atoms with van der Waals surface area (Å²) < 4.78 is 44.5. The van der Waals surface area contributed by atoms with Crippen LogP contribution in [0.25, 0.3) is 11.5 Å². The third-order valence-electron chi connectivity index (χ3n) is 5.90. The summed E-state index contributed by atoms with van der Waals surface area (Å²) in [4.78, 5) is 18.7. The lowest BCUT2D eigenvalue weighted by Crippen LogP contribution is -2.34. The van der Waals surface area contributed by atoms with Crippen LogP contribution in [-0.2, 0) is 20.4 Å². The maximum atomic E-state index is 14.0. The van der Waals surface area contributed by atoms with Crippen molar-refractivity contribution in [3.05, 3.63) is 41.5 Å². The Hall–Kier alpha value is -2.06. The van der Waals surface area contributed by atoms with Crippen molar-refractivity contribution in [3.8, 4) is 11.5 Å². The highest BCUT2D eigenvalue weighted by molar-refractivity contribution is 7.91. The molecule has 0 unspecified atom stereocenters. The summed E-state index contributed by atoms with van der Waals surface area (Å²) in [5.41, 5.74) is 0.385. The van der Waals surface area contributed by atoms with Gasteiger partial charge in [0.2, 0.25) is 5.89 Å². The number of nitrogens with zero attached hydrogens (tertiary/aromatic N) is 2. The number of aryl methyl sites for hydroxylation is 1. The molecule has 170 valence electrons. The average Bonchev–Trinajstić information content (AvgIpc) is 3.07. The van der Waals surface area contributed by atoms with Crippen LogP contribution in [0.2, 0.25) is 0 Å². The molecule has 1 aliphatic carbocycles. The first-order chi connectivity index (χ1) is 14.7. The van der Waals surface area contributed by atoms with Crippen molar-refractivity contribution in [2.75, 3.05) is 19.3 Å². The second-order valence-electron chi connectivity index (χ2n) is 8.45. The number of carbonyl (C=O) groups is 1. The van der Waals surface area contributed by atoms with E-state index in [1.165, 1.54) is 44.2 Å². The Morgan fingerprint density at radius 2 is 1.94 bits per heavy atom. The smallest absolute Gasteiger partial charge is 0.229 e. The highest BCUT2D eigenvalue weighted by Crippen LogP contribution is 2.25. The SMILES string of the molecule is Cc1oc(-c2ccccc2F)nc1CS(=O)(=O)CC(=O)CCCN(C)C1CCCCC1. The Morgan fingerprint density at radius 1 is 1.23 bits per heavy atom. The minimum Gasteiger partial charge on any atom is -0.441 e. The third-order valence-corrected chi connectivity index (χ3v) is 7.37. The van der Waals surface area contributed by atoms with Gasteiger partial charge in [0.05, 0.1) is 17.0 Å². The van der Waals surface area contributed by atoms with Gasteiger partial charge in [-0.3, -0.25) is 4.79 Å². The first kappa shape index (κ1) is 23.6. The molecular formula is C23H31FN2O4S. The molecule has 6 nitrogen and oxygen atoms in total. The van der Waals surface area contributed by atoms with E-state index in [0.29, 0.717) is 18.2 Å². The zero-order valence-electron chi connectivity index (χ0n) is 18.3. The number of Topliss-reactive ketones (excluding diaryl/α,β-unsaturated/α-hetero) is 1. The summed E-state index contributed by atoms with van der Waals surface area (Å²) in [5, 5.41) is 0. The highest BCUT2D eigenvalue weighted by atomic mass is 32.2. The van der Waals surface area contributed by atoms with E-state index >= 15 is 0 Å². The monoisotopic (exact) mass is 450 g/mol. The van der Waals surface area contributed by atoms with Crippen molar-refractivity contribution in [2.24, 2.45) is 0 Å². The van der Waals surface area contributed by atoms with Gasteiger partial charge in [-0.25, -0.2) is 17.8 Å². The summed E-state index contributed by atoms with van der Waals surface area (Å²) in [7, 11) is -1.60. The van der Waals surface area contributed by atoms with Gasteiger partial charge in [-0.15, -0.1) is 0 Å². The molecule has 1 aromatic heterocycles. The molecule has 2 aromatic rings. The van der Waals surface area contributed by atoms with E-state index in [0.717, 1.165) is 6.54 Å². The van der Waals surface area contributed by atoms with E-state index in [2.05, 4.69) is 16.9 Å². The quantitative estimate of drug-likeness (QED) is 0.536. The average molecular weight is 451 g/mol. The molecule has 31 heavy (non-hydrogen) atoms. The lowest BCUT2D eigenvalue weighted by Gasteiger charge is -2.31. The standard InChI is InChI=1S/C23H31FN2O4S/c1-17-22(25-23(30-17)20-12-6-7-13-21(20)24)16-31(28,29)15-19(27)11-8-14-26(2)18-9-4-3-5-10-18/h6-7,12-13,18H,3-5,8-11,14-16H2,1-2H3. The van der Waals surface area contributed by atoms with E-state index in [-0.39, 0.29) is 29.4 Å². The summed E-state index contributed by atoms with van der Waals surface area (Å²) >= 11 is 0. The number of sulfone groups is 1. The summed E-state index contributed by atoms with van der Waals surface area (Å²) in [5.74, 6) is -1.34. The van der Waals surface area contributed by atoms with Gasteiger partial charge in [0.1, 0.15) is 23.1 Å². The minimum atomic E-state index is -3.69. The Bertz CT molecular complexity index is 997. The van der Waals surface area contributed by atoms with Crippen molar-refractivity contribution in [1.29, 1.82) is 0 Å². The molecule has 0 saturated heterocycles. The van der Waals surface area contributed by atoms with Crippen LogP contribution in [-0.4, -0.2) is 49.5 Å². The molecule has 1 fully saturated rings. The Labute approximate surface area is 183 Å². The van der Waals surface area contributed by atoms with Gasteiger partial charge < -0.3 is 9.32 Å². The molecule has 3 rings (SSSR count). The first-order valence-electron chi connectivity index (χ1n) is 10.9. The van der Waals surface area contributed by atoms with Crippen LogP contribution in [0.5, 0.6) is 0 Å². The fourth-order valence-electron chi connectivity index (χ4n) is 4.12. The zero-order chi connectivity index (χ0) is 22.4. The van der Waals surface area contributed by atoms with Gasteiger partial charge in [-0.2, -0.15) is 0 Å². The lowest BCUT2D eigenvalue weighted by molar-refractivity contribution is -0.116. The number of benzene rings is 1. The molecule has 0 spiro atoms. The van der Waals surface area contributed by atoms with Crippen LogP contribution in [0.15, 0.2) is 28.7 Å². The maximum absolute atomic E-state index is 14.0. The number of rotatable bonds is 10. The van der Waals surface area contributed by atoms with Crippen LogP contribution < -0.4 is 0 Å². The predicted octanol–water partition coefficient (Wildman–Crippen LogP) is 4.32. The molecule has 0 aliphatic heterocycles. The van der Waals surface area contributed by atoms with Crippen molar-refractivity contribution >= 4 is 15.6 Å². The normalized spacial score (nSPS) is 15.5. The van der Waals surface area contributed by atoms with Crippen molar-refractivity contribution < 1.29 is 22.0 Å². The zero-order valence-corrected chi connectivity index (χ0v) is 19.1. The van der Waals surface area contributed by atoms with Crippen LogP contribution in [0, 0.1) is 12.7 Å². The number of halogens is 1. The molecule has 0 amide bonds. The van der Waals surface area contributed by atoms with Gasteiger partial charge in [-0.1, -0.05) is 31.4 Å². The fraction of sp³-hybridized carbons (Fsp3) is 0.565. The number of ketones is 1. The molecule has 1 heterocycles. The molecule has 0 radical (unpaired) electrons. The van der Waals surface area contributed by atoms with Crippen molar-refractivity contribution in [2.45, 2.75) is 63.7 Å². The fourth-order valence-corrected chi connectivity index (χ4v) is 5.54. The highest BCUT2D eigenvalue weighted by Gasteiger charge is 2.23. The maximum Gasteiger partial charge on any atom is 0.229 e. The summed E-state index contributed by atoms with van der Waals surface area (Å²) in [6.45, 7) is 2.38. The second-order valence-corrected chi connectivity index (χ2v) is 10.5. The van der Waals surface area contributed by atoms with Crippen LogP contribution in [0.4, 0.5) is 4.39 Å². The van der Waals surface area contributed by atoms with Crippen molar-refractivity contribution in [3.63, 3.8) is 0 Å². The number of hydrogen-bond donors (Lipinski definition) is 0.